The fourth-order valence-electron chi connectivity index (χ4n) is 7.24. The largest absolute Gasteiger partial charge is 0.483 e. The monoisotopic (exact) mass is 778 g/mol. The fourth-order valence-corrected chi connectivity index (χ4v) is 7.24. The van der Waals surface area contributed by atoms with Gasteiger partial charge < -0.3 is 19.6 Å². The van der Waals surface area contributed by atoms with E-state index in [-0.39, 0.29) is 12.4 Å². The second kappa shape index (κ2) is 46.0. The van der Waals surface area contributed by atoms with E-state index >= 15 is 0 Å². The van der Waals surface area contributed by atoms with Crippen LogP contribution >= 0.6 is 0 Å². The first kappa shape index (κ1) is 54.8. The molecule has 0 saturated heterocycles. The van der Waals surface area contributed by atoms with Crippen molar-refractivity contribution in [3.05, 3.63) is 0 Å². The first-order chi connectivity index (χ1) is 26.9. The van der Waals surface area contributed by atoms with Crippen molar-refractivity contribution < 1.29 is 19.4 Å². The van der Waals surface area contributed by atoms with Gasteiger partial charge in [0.25, 0.3) is 6.47 Å². The number of carbonyl (C=O) groups is 2. The number of aliphatic imine (C=N–C) groups is 1. The van der Waals surface area contributed by atoms with E-state index in [0.29, 0.717) is 19.0 Å². The number of nitrogens with zero attached hydrogens (tertiary/aromatic N) is 4. The first-order valence-electron chi connectivity index (χ1n) is 23.2. The van der Waals surface area contributed by atoms with Gasteiger partial charge in [-0.05, 0) is 57.7 Å². The minimum atomic E-state index is -0.250. The lowest BCUT2D eigenvalue weighted by molar-refractivity contribution is -0.143. The summed E-state index contributed by atoms with van der Waals surface area (Å²) in [4.78, 5) is 29.6. The molecule has 0 saturated carbocycles. The highest BCUT2D eigenvalue weighted by Crippen LogP contribution is 2.24. The van der Waals surface area contributed by atoms with Gasteiger partial charge in [0.1, 0.15) is 0 Å². The van der Waals surface area contributed by atoms with Crippen molar-refractivity contribution in [3.8, 4) is 6.19 Å². The van der Waals surface area contributed by atoms with Crippen molar-refractivity contribution in [1.29, 1.82) is 5.26 Å². The van der Waals surface area contributed by atoms with E-state index in [4.69, 9.17) is 19.9 Å². The number of esters is 1. The normalized spacial score (nSPS) is 11.8. The van der Waals surface area contributed by atoms with Gasteiger partial charge in [-0.1, -0.05) is 181 Å². The van der Waals surface area contributed by atoms with Gasteiger partial charge in [0.2, 0.25) is 5.96 Å². The summed E-state index contributed by atoms with van der Waals surface area (Å²) in [7, 11) is 3.83. The van der Waals surface area contributed by atoms with Gasteiger partial charge in [-0.15, -0.1) is 0 Å². The predicted octanol–water partition coefficient (Wildman–Crippen LogP) is 12.3. The fraction of sp³-hybridized carbons (Fsp3) is 0.913. The lowest BCUT2D eigenvalue weighted by atomic mass is 9.89. The third-order valence-electron chi connectivity index (χ3n) is 10.6. The number of hydrogen-bond acceptors (Lipinski definition) is 6. The molecule has 0 aromatic rings. The van der Waals surface area contributed by atoms with Crippen molar-refractivity contribution in [2.24, 2.45) is 10.9 Å². The summed E-state index contributed by atoms with van der Waals surface area (Å²) in [5.41, 5.74) is 0. The number of carboxylic acid groups (broad SMARTS) is 1. The number of carbonyl (C=O) groups excluding carboxylic acids is 1. The summed E-state index contributed by atoms with van der Waals surface area (Å²) in [6.45, 7) is 11.3. The molecule has 0 aliphatic heterocycles. The lowest BCUT2D eigenvalue weighted by Crippen LogP contribution is -2.34. The SMILES string of the molecule is CCCCCCCCCOC(=O)CCCCCCCN(CCCCCCCC(CCCCCC)CCCCCCC)CCCN=C(NC#N)N(C)C.O=CO. The number of nitriles is 1. The molecule has 9 heteroatoms. The van der Waals surface area contributed by atoms with Crippen LogP contribution in [0, 0.1) is 17.4 Å². The predicted molar refractivity (Wildman–Crippen MR) is 234 cm³/mol. The van der Waals surface area contributed by atoms with E-state index in [1.165, 1.54) is 173 Å². The van der Waals surface area contributed by atoms with Crippen LogP contribution in [0.2, 0.25) is 0 Å². The Hall–Kier alpha value is -2.34. The maximum atomic E-state index is 12.1. The van der Waals surface area contributed by atoms with Gasteiger partial charge in [0.05, 0.1) is 6.61 Å². The smallest absolute Gasteiger partial charge is 0.305 e. The number of ether oxygens (including phenoxy) is 1. The van der Waals surface area contributed by atoms with E-state index in [9.17, 15) is 4.79 Å². The molecule has 0 amide bonds. The van der Waals surface area contributed by atoms with Crippen molar-refractivity contribution >= 4 is 18.4 Å². The molecular formula is C46H91N5O4. The third kappa shape index (κ3) is 42.6. The maximum absolute atomic E-state index is 12.1. The number of nitrogens with one attached hydrogen (secondary N) is 1. The Labute approximate surface area is 341 Å². The quantitative estimate of drug-likeness (QED) is 0.0120. The number of unbranched alkanes of at least 4 members (excludes halogenated alkanes) is 21. The molecule has 1 atom stereocenters. The van der Waals surface area contributed by atoms with Crippen molar-refractivity contribution in [1.82, 2.24) is 15.1 Å². The minimum absolute atomic E-state index is 0.0118. The summed E-state index contributed by atoms with van der Waals surface area (Å²) in [6, 6.07) is 0. The van der Waals surface area contributed by atoms with Gasteiger partial charge >= 0.3 is 5.97 Å². The zero-order chi connectivity index (χ0) is 40.9. The Kier molecular flexibility index (Phi) is 45.8. The molecule has 0 rings (SSSR count). The van der Waals surface area contributed by atoms with E-state index in [0.717, 1.165) is 51.2 Å². The van der Waals surface area contributed by atoms with Crippen LogP contribution in [0.15, 0.2) is 4.99 Å². The van der Waals surface area contributed by atoms with Gasteiger partial charge in [0, 0.05) is 27.1 Å². The number of hydrogen-bond donors (Lipinski definition) is 2. The van der Waals surface area contributed by atoms with Gasteiger partial charge in [-0.25, -0.2) is 0 Å². The van der Waals surface area contributed by atoms with Crippen LogP contribution in [0.4, 0.5) is 0 Å². The summed E-state index contributed by atoms with van der Waals surface area (Å²) < 4.78 is 5.46. The van der Waals surface area contributed by atoms with E-state index in [1.807, 2.05) is 25.2 Å². The number of rotatable bonds is 39. The number of guanidine groups is 1. The Morgan fingerprint density at radius 2 is 1.05 bits per heavy atom. The topological polar surface area (TPSA) is 118 Å². The molecule has 0 aliphatic rings. The molecule has 1 unspecified atom stereocenters. The summed E-state index contributed by atoms with van der Waals surface area (Å²) in [6.07, 6.45) is 41.8. The minimum Gasteiger partial charge on any atom is -0.483 e. The molecule has 0 spiro atoms. The summed E-state index contributed by atoms with van der Waals surface area (Å²) in [5.74, 6) is 1.58. The highest BCUT2D eigenvalue weighted by atomic mass is 16.5. The highest BCUT2D eigenvalue weighted by molar-refractivity contribution is 5.80. The van der Waals surface area contributed by atoms with Crippen LogP contribution in [0.25, 0.3) is 0 Å². The zero-order valence-corrected chi connectivity index (χ0v) is 37.1. The lowest BCUT2D eigenvalue weighted by Gasteiger charge is -2.22. The van der Waals surface area contributed by atoms with Crippen molar-refractivity contribution in [2.75, 3.05) is 46.9 Å². The second-order valence-electron chi connectivity index (χ2n) is 16.0. The standard InChI is InChI=1S/C45H89N5O2.CH2O2/c1-6-9-12-15-16-24-31-41-52-44(51)36-28-21-18-23-30-39-50(40-32-37-47-45(48-42-46)49(4)5)38-29-22-17-20-27-35-43(33-25-14-11-8-3)34-26-19-13-10-7-2;2-1-3/h43H,6-41H2,1-5H3,(H,47,48);1H,(H,2,3). The molecule has 0 aliphatic carbocycles. The van der Waals surface area contributed by atoms with Gasteiger partial charge in [-0.3, -0.25) is 19.9 Å². The maximum Gasteiger partial charge on any atom is 0.305 e. The van der Waals surface area contributed by atoms with Crippen LogP contribution in [0.5, 0.6) is 0 Å². The van der Waals surface area contributed by atoms with Gasteiger partial charge in [-0.2, -0.15) is 5.26 Å². The van der Waals surface area contributed by atoms with E-state index < -0.39 is 0 Å². The van der Waals surface area contributed by atoms with Gasteiger partial charge in [0.15, 0.2) is 6.19 Å². The van der Waals surface area contributed by atoms with Crippen LogP contribution in [0.1, 0.15) is 220 Å². The van der Waals surface area contributed by atoms with Crippen LogP contribution in [-0.4, -0.2) is 80.2 Å². The van der Waals surface area contributed by atoms with Crippen molar-refractivity contribution in [2.45, 2.75) is 220 Å². The third-order valence-corrected chi connectivity index (χ3v) is 10.6. The second-order valence-corrected chi connectivity index (χ2v) is 16.0. The average Bonchev–Trinajstić information content (AvgIpc) is 3.17. The molecule has 0 bridgehead atoms. The Morgan fingerprint density at radius 1 is 0.655 bits per heavy atom. The average molecular weight is 778 g/mol. The molecule has 0 fully saturated rings. The molecule has 0 aromatic heterocycles. The molecule has 324 valence electrons. The molecule has 0 radical (unpaired) electrons. The van der Waals surface area contributed by atoms with E-state index in [2.05, 4.69) is 36.0 Å². The molecule has 9 nitrogen and oxygen atoms in total. The Bertz CT molecular complexity index is 879. The van der Waals surface area contributed by atoms with Crippen molar-refractivity contribution in [3.63, 3.8) is 0 Å². The summed E-state index contributed by atoms with van der Waals surface area (Å²) in [5, 5.41) is 18.6. The zero-order valence-electron chi connectivity index (χ0n) is 37.1. The Balaban J connectivity index is 0. The summed E-state index contributed by atoms with van der Waals surface area (Å²) >= 11 is 0. The molecule has 55 heavy (non-hydrogen) atoms. The van der Waals surface area contributed by atoms with E-state index in [1.54, 1.807) is 0 Å². The Morgan fingerprint density at radius 3 is 1.53 bits per heavy atom. The van der Waals surface area contributed by atoms with Crippen LogP contribution < -0.4 is 5.32 Å². The highest BCUT2D eigenvalue weighted by Gasteiger charge is 2.10. The molecule has 0 heterocycles. The molecule has 0 aromatic carbocycles. The first-order valence-corrected chi connectivity index (χ1v) is 23.2. The van der Waals surface area contributed by atoms with Crippen LogP contribution in [0.3, 0.4) is 0 Å². The molecule has 2 N–H and O–H groups in total. The van der Waals surface area contributed by atoms with Crippen LogP contribution in [-0.2, 0) is 14.3 Å². The molecular weight excluding hydrogens is 687 g/mol.